The number of alkyl halides is 3. The normalized spacial score (nSPS) is 11.6. The number of para-hydroxylation sites is 2. The van der Waals surface area contributed by atoms with E-state index in [2.05, 4.69) is 18.2 Å². The van der Waals surface area contributed by atoms with Crippen LogP contribution in [0.25, 0.3) is 66.1 Å². The molecule has 0 radical (unpaired) electrons. The van der Waals surface area contributed by atoms with Gasteiger partial charge < -0.3 is 9.13 Å². The van der Waals surface area contributed by atoms with Gasteiger partial charge in [-0.2, -0.15) is 29.0 Å². The Kier molecular flexibility index (Phi) is 6.34. The van der Waals surface area contributed by atoms with Crippen LogP contribution >= 0.6 is 0 Å². The number of nitrogens with zero attached hydrogens (tertiary/aromatic N) is 5. The second-order valence-corrected chi connectivity index (χ2v) is 11.4. The van der Waals surface area contributed by atoms with Crippen LogP contribution < -0.4 is 0 Å². The van der Waals surface area contributed by atoms with Gasteiger partial charge in [0.05, 0.1) is 62.3 Å². The van der Waals surface area contributed by atoms with Crippen LogP contribution in [0.2, 0.25) is 0 Å². The highest BCUT2D eigenvalue weighted by Crippen LogP contribution is 2.45. The molecule has 0 saturated heterocycles. The molecule has 2 aromatic heterocycles. The van der Waals surface area contributed by atoms with Crippen molar-refractivity contribution in [1.82, 2.24) is 9.13 Å². The minimum absolute atomic E-state index is 0.0662. The van der Waals surface area contributed by atoms with E-state index in [-0.39, 0.29) is 22.4 Å². The lowest BCUT2D eigenvalue weighted by atomic mass is 9.94. The molecule has 0 atom stereocenters. The fourth-order valence-corrected chi connectivity index (χ4v) is 6.88. The van der Waals surface area contributed by atoms with Crippen LogP contribution in [0.4, 0.5) is 13.2 Å². The second-order valence-electron chi connectivity index (χ2n) is 11.4. The Hall–Kier alpha value is -6.82. The van der Waals surface area contributed by atoms with Crippen molar-refractivity contribution in [2.45, 2.75) is 6.18 Å². The molecule has 0 saturated carbocycles. The average Bonchev–Trinajstić information content (AvgIpc) is 3.62. The Morgan fingerprint density at radius 1 is 0.479 bits per heavy atom. The summed E-state index contributed by atoms with van der Waals surface area (Å²) in [6, 6.07) is 41.1. The van der Waals surface area contributed by atoms with Crippen LogP contribution in [0.15, 0.2) is 121 Å². The molecular formula is C40H20F3N5. The molecule has 8 aromatic rings. The first-order chi connectivity index (χ1) is 23.3. The van der Waals surface area contributed by atoms with E-state index in [1.807, 2.05) is 63.7 Å². The van der Waals surface area contributed by atoms with Crippen LogP contribution in [-0.4, -0.2) is 9.13 Å². The minimum atomic E-state index is -4.66. The molecule has 6 aromatic carbocycles. The molecule has 0 bridgehead atoms. The molecule has 2 heterocycles. The van der Waals surface area contributed by atoms with E-state index in [4.69, 9.17) is 0 Å². The SMILES string of the molecule is N#Cc1ccc2c(c1)c1ccccc1n2-c1ccc(-c2ccccc2C(F)(F)F)c(-n2c3ccccc3c3cc(C#N)ccc32)c1C#N. The Bertz CT molecular complexity index is 2760. The third-order valence-corrected chi connectivity index (χ3v) is 8.86. The summed E-state index contributed by atoms with van der Waals surface area (Å²) in [4.78, 5) is 0. The van der Waals surface area contributed by atoms with Crippen molar-refractivity contribution < 1.29 is 13.2 Å². The topological polar surface area (TPSA) is 81.2 Å². The fourth-order valence-electron chi connectivity index (χ4n) is 6.88. The molecule has 0 aliphatic carbocycles. The Balaban J connectivity index is 1.58. The van der Waals surface area contributed by atoms with Crippen LogP contribution in [-0.2, 0) is 6.18 Å². The van der Waals surface area contributed by atoms with E-state index in [0.29, 0.717) is 27.8 Å². The zero-order valence-electron chi connectivity index (χ0n) is 24.9. The molecule has 48 heavy (non-hydrogen) atoms. The van der Waals surface area contributed by atoms with Gasteiger partial charge in [0.25, 0.3) is 0 Å². The first-order valence-electron chi connectivity index (χ1n) is 14.9. The minimum Gasteiger partial charge on any atom is -0.308 e. The number of hydrogen-bond donors (Lipinski definition) is 0. The molecule has 0 aliphatic heterocycles. The summed E-state index contributed by atoms with van der Waals surface area (Å²) in [6.07, 6.45) is -4.66. The molecule has 0 fully saturated rings. The van der Waals surface area contributed by atoms with Crippen molar-refractivity contribution in [3.05, 3.63) is 144 Å². The summed E-state index contributed by atoms with van der Waals surface area (Å²) in [7, 11) is 0. The van der Waals surface area contributed by atoms with Gasteiger partial charge in [0.2, 0.25) is 0 Å². The number of rotatable bonds is 3. The van der Waals surface area contributed by atoms with Gasteiger partial charge >= 0.3 is 6.18 Å². The standard InChI is InChI=1S/C40H20F3N5/c41-40(42,43)33-10-4-1-7-26(33)29-15-18-38(47-34-11-5-2-8-27(34)30-19-24(21-44)13-16-36(30)47)32(23-46)39(29)48-35-12-6-3-9-28(35)31-20-25(22-45)14-17-37(31)48/h1-20H. The molecule has 0 aliphatic rings. The van der Waals surface area contributed by atoms with Crippen molar-refractivity contribution in [2.75, 3.05) is 0 Å². The number of aromatic nitrogens is 2. The summed E-state index contributed by atoms with van der Waals surface area (Å²) in [5.74, 6) is 0. The van der Waals surface area contributed by atoms with Crippen LogP contribution in [0.3, 0.4) is 0 Å². The van der Waals surface area contributed by atoms with Crippen molar-refractivity contribution in [1.29, 1.82) is 15.8 Å². The van der Waals surface area contributed by atoms with Gasteiger partial charge in [0.15, 0.2) is 0 Å². The van der Waals surface area contributed by atoms with Gasteiger partial charge in [0, 0.05) is 27.1 Å². The smallest absolute Gasteiger partial charge is 0.308 e. The maximum Gasteiger partial charge on any atom is 0.417 e. The lowest BCUT2D eigenvalue weighted by Gasteiger charge is -2.21. The van der Waals surface area contributed by atoms with Crippen LogP contribution in [0, 0.1) is 34.0 Å². The van der Waals surface area contributed by atoms with Crippen molar-refractivity contribution in [3.63, 3.8) is 0 Å². The summed E-state index contributed by atoms with van der Waals surface area (Å²) in [6.45, 7) is 0. The molecule has 0 amide bonds. The second kappa shape index (κ2) is 10.6. The largest absolute Gasteiger partial charge is 0.417 e. The highest BCUT2D eigenvalue weighted by molar-refractivity contribution is 6.12. The van der Waals surface area contributed by atoms with Crippen LogP contribution in [0.1, 0.15) is 22.3 Å². The summed E-state index contributed by atoms with van der Waals surface area (Å²) >= 11 is 0. The predicted octanol–water partition coefficient (Wildman–Crippen LogP) is 10.2. The maximum atomic E-state index is 14.6. The van der Waals surface area contributed by atoms with E-state index in [0.717, 1.165) is 38.6 Å². The monoisotopic (exact) mass is 627 g/mol. The van der Waals surface area contributed by atoms with E-state index in [1.54, 1.807) is 48.5 Å². The molecule has 8 rings (SSSR count). The van der Waals surface area contributed by atoms with Crippen LogP contribution in [0.5, 0.6) is 0 Å². The first kappa shape index (κ1) is 28.6. The maximum absolute atomic E-state index is 14.6. The highest BCUT2D eigenvalue weighted by Gasteiger charge is 2.35. The van der Waals surface area contributed by atoms with Gasteiger partial charge in [-0.1, -0.05) is 60.7 Å². The Morgan fingerprint density at radius 3 is 1.58 bits per heavy atom. The highest BCUT2D eigenvalue weighted by atomic mass is 19.4. The molecule has 5 nitrogen and oxygen atoms in total. The molecule has 0 unspecified atom stereocenters. The molecular weight excluding hydrogens is 607 g/mol. The van der Waals surface area contributed by atoms with Gasteiger partial charge in [-0.25, -0.2) is 0 Å². The quantitative estimate of drug-likeness (QED) is 0.195. The third kappa shape index (κ3) is 4.16. The molecule has 226 valence electrons. The van der Waals surface area contributed by atoms with E-state index < -0.39 is 11.7 Å². The zero-order valence-corrected chi connectivity index (χ0v) is 24.9. The van der Waals surface area contributed by atoms with E-state index in [9.17, 15) is 29.0 Å². The van der Waals surface area contributed by atoms with Gasteiger partial charge in [-0.3, -0.25) is 0 Å². The number of halogens is 3. The van der Waals surface area contributed by atoms with E-state index >= 15 is 0 Å². The Labute approximate surface area is 271 Å². The number of fused-ring (bicyclic) bond motifs is 6. The zero-order chi connectivity index (χ0) is 33.2. The van der Waals surface area contributed by atoms with Gasteiger partial charge in [-0.15, -0.1) is 0 Å². The lowest BCUT2D eigenvalue weighted by Crippen LogP contribution is -2.10. The number of nitriles is 3. The first-order valence-corrected chi connectivity index (χ1v) is 14.9. The van der Waals surface area contributed by atoms with Crippen molar-refractivity contribution in [3.8, 4) is 40.7 Å². The number of hydrogen-bond acceptors (Lipinski definition) is 3. The predicted molar refractivity (Wildman–Crippen MR) is 180 cm³/mol. The fraction of sp³-hybridized carbons (Fsp3) is 0.0250. The Morgan fingerprint density at radius 2 is 1.00 bits per heavy atom. The van der Waals surface area contributed by atoms with Gasteiger partial charge in [0.1, 0.15) is 11.6 Å². The lowest BCUT2D eigenvalue weighted by molar-refractivity contribution is -0.137. The third-order valence-electron chi connectivity index (χ3n) is 8.86. The molecule has 0 N–H and O–H groups in total. The summed E-state index contributed by atoms with van der Waals surface area (Å²) in [5.41, 5.74) is 3.97. The summed E-state index contributed by atoms with van der Waals surface area (Å²) < 4.78 is 47.4. The molecule has 8 heteroatoms. The van der Waals surface area contributed by atoms with E-state index in [1.165, 1.54) is 12.1 Å². The average molecular weight is 628 g/mol. The molecule has 0 spiro atoms. The number of benzene rings is 6. The van der Waals surface area contributed by atoms with Crippen molar-refractivity contribution >= 4 is 43.6 Å². The van der Waals surface area contributed by atoms with Gasteiger partial charge in [-0.05, 0) is 66.2 Å². The summed E-state index contributed by atoms with van der Waals surface area (Å²) in [5, 5.41) is 33.6. The van der Waals surface area contributed by atoms with Crippen molar-refractivity contribution in [2.24, 2.45) is 0 Å².